The Morgan fingerprint density at radius 1 is 1.29 bits per heavy atom. The van der Waals surface area contributed by atoms with Crippen molar-refractivity contribution in [1.82, 2.24) is 15.1 Å². The summed E-state index contributed by atoms with van der Waals surface area (Å²) in [7, 11) is 2.07. The summed E-state index contributed by atoms with van der Waals surface area (Å²) in [6.45, 7) is 13.5. The highest BCUT2D eigenvalue weighted by Gasteiger charge is 2.34. The molecular formula is C14H29N3. The molecule has 0 aromatic carbocycles. The van der Waals surface area contributed by atoms with E-state index >= 15 is 0 Å². The maximum Gasteiger partial charge on any atom is 0.0224 e. The van der Waals surface area contributed by atoms with E-state index in [9.17, 15) is 0 Å². The van der Waals surface area contributed by atoms with Gasteiger partial charge in [0.15, 0.2) is 0 Å². The monoisotopic (exact) mass is 239 g/mol. The van der Waals surface area contributed by atoms with Crippen molar-refractivity contribution >= 4 is 0 Å². The van der Waals surface area contributed by atoms with Gasteiger partial charge in [-0.15, -0.1) is 0 Å². The fourth-order valence-corrected chi connectivity index (χ4v) is 3.30. The molecule has 0 spiro atoms. The van der Waals surface area contributed by atoms with Crippen LogP contribution in [0.2, 0.25) is 0 Å². The molecule has 2 saturated heterocycles. The SMILES string of the molecule is CNC(C)C(C)(C)CN1CCN2CCCC2C1. The Labute approximate surface area is 107 Å². The van der Waals surface area contributed by atoms with E-state index < -0.39 is 0 Å². The predicted molar refractivity (Wildman–Crippen MR) is 73.3 cm³/mol. The van der Waals surface area contributed by atoms with E-state index in [-0.39, 0.29) is 0 Å². The van der Waals surface area contributed by atoms with Crippen LogP contribution in [0.5, 0.6) is 0 Å². The van der Waals surface area contributed by atoms with Crippen LogP contribution in [0.25, 0.3) is 0 Å². The van der Waals surface area contributed by atoms with Crippen LogP contribution >= 0.6 is 0 Å². The van der Waals surface area contributed by atoms with Crippen LogP contribution < -0.4 is 5.32 Å². The minimum absolute atomic E-state index is 0.357. The molecule has 3 nitrogen and oxygen atoms in total. The third-order valence-electron chi connectivity index (χ3n) is 4.91. The molecule has 0 aliphatic carbocycles. The summed E-state index contributed by atoms with van der Waals surface area (Å²) in [5.41, 5.74) is 0.357. The molecular weight excluding hydrogens is 210 g/mol. The van der Waals surface area contributed by atoms with E-state index in [0.29, 0.717) is 11.5 Å². The summed E-state index contributed by atoms with van der Waals surface area (Å²) in [4.78, 5) is 5.37. The molecule has 2 fully saturated rings. The van der Waals surface area contributed by atoms with Crippen molar-refractivity contribution in [3.8, 4) is 0 Å². The van der Waals surface area contributed by atoms with E-state index in [1.165, 1.54) is 45.6 Å². The minimum Gasteiger partial charge on any atom is -0.317 e. The van der Waals surface area contributed by atoms with Gasteiger partial charge < -0.3 is 5.32 Å². The topological polar surface area (TPSA) is 18.5 Å². The average molecular weight is 239 g/mol. The second-order valence-electron chi connectivity index (χ2n) is 6.57. The van der Waals surface area contributed by atoms with Crippen molar-refractivity contribution in [2.24, 2.45) is 5.41 Å². The number of hydrogen-bond acceptors (Lipinski definition) is 3. The van der Waals surface area contributed by atoms with Crippen molar-refractivity contribution < 1.29 is 0 Å². The van der Waals surface area contributed by atoms with Crippen LogP contribution in [-0.4, -0.2) is 61.7 Å². The number of hydrogen-bond donors (Lipinski definition) is 1. The van der Waals surface area contributed by atoms with Crippen molar-refractivity contribution in [3.63, 3.8) is 0 Å². The standard InChI is InChI=1S/C14H29N3/c1-12(15-4)14(2,3)11-16-8-9-17-7-5-6-13(17)10-16/h12-13,15H,5-11H2,1-4H3. The molecule has 2 unspecified atom stereocenters. The molecule has 2 rings (SSSR count). The second kappa shape index (κ2) is 5.25. The van der Waals surface area contributed by atoms with E-state index in [4.69, 9.17) is 0 Å². The van der Waals surface area contributed by atoms with Gasteiger partial charge >= 0.3 is 0 Å². The Morgan fingerprint density at radius 2 is 2.06 bits per heavy atom. The molecule has 17 heavy (non-hydrogen) atoms. The van der Waals surface area contributed by atoms with Crippen LogP contribution in [0, 0.1) is 5.41 Å². The first-order valence-electron chi connectivity index (χ1n) is 7.16. The highest BCUT2D eigenvalue weighted by atomic mass is 15.3. The largest absolute Gasteiger partial charge is 0.317 e. The molecule has 3 heteroatoms. The normalized spacial score (nSPS) is 29.3. The molecule has 0 radical (unpaired) electrons. The number of rotatable bonds is 4. The number of fused-ring (bicyclic) bond motifs is 1. The lowest BCUT2D eigenvalue weighted by molar-refractivity contribution is 0.0647. The lowest BCUT2D eigenvalue weighted by Gasteiger charge is -2.42. The van der Waals surface area contributed by atoms with Crippen molar-refractivity contribution in [2.75, 3.05) is 39.8 Å². The van der Waals surface area contributed by atoms with E-state index in [2.05, 4.69) is 42.9 Å². The molecule has 100 valence electrons. The molecule has 2 aliphatic rings. The molecule has 0 bridgehead atoms. The lowest BCUT2D eigenvalue weighted by Crippen LogP contribution is -2.54. The van der Waals surface area contributed by atoms with Crippen LogP contribution in [-0.2, 0) is 0 Å². The maximum absolute atomic E-state index is 3.40. The van der Waals surface area contributed by atoms with Gasteiger partial charge in [0.05, 0.1) is 0 Å². The van der Waals surface area contributed by atoms with Gasteiger partial charge in [-0.1, -0.05) is 13.8 Å². The van der Waals surface area contributed by atoms with Crippen molar-refractivity contribution in [2.45, 2.75) is 45.7 Å². The van der Waals surface area contributed by atoms with Gasteiger partial charge in [-0.25, -0.2) is 0 Å². The first kappa shape index (κ1) is 13.3. The zero-order valence-corrected chi connectivity index (χ0v) is 12.0. The van der Waals surface area contributed by atoms with Crippen molar-refractivity contribution in [1.29, 1.82) is 0 Å². The Hall–Kier alpha value is -0.120. The van der Waals surface area contributed by atoms with Crippen LogP contribution in [0.3, 0.4) is 0 Å². The molecule has 0 aromatic heterocycles. The Morgan fingerprint density at radius 3 is 2.76 bits per heavy atom. The van der Waals surface area contributed by atoms with Gasteiger partial charge in [0, 0.05) is 38.3 Å². The van der Waals surface area contributed by atoms with Crippen LogP contribution in [0.4, 0.5) is 0 Å². The zero-order chi connectivity index (χ0) is 12.5. The molecule has 0 aromatic rings. The maximum atomic E-state index is 3.40. The van der Waals surface area contributed by atoms with E-state index in [0.717, 1.165) is 6.04 Å². The summed E-state index contributed by atoms with van der Waals surface area (Å²) in [6, 6.07) is 1.42. The van der Waals surface area contributed by atoms with Gasteiger partial charge in [0.2, 0.25) is 0 Å². The fourth-order valence-electron chi connectivity index (χ4n) is 3.30. The Bertz CT molecular complexity index is 252. The van der Waals surface area contributed by atoms with Crippen molar-refractivity contribution in [3.05, 3.63) is 0 Å². The summed E-state index contributed by atoms with van der Waals surface area (Å²) in [5.74, 6) is 0. The summed E-state index contributed by atoms with van der Waals surface area (Å²) in [5, 5.41) is 3.40. The summed E-state index contributed by atoms with van der Waals surface area (Å²) in [6.07, 6.45) is 2.83. The van der Waals surface area contributed by atoms with Gasteiger partial charge in [-0.3, -0.25) is 9.80 Å². The molecule has 0 amide bonds. The number of piperazine rings is 1. The van der Waals surface area contributed by atoms with Crippen LogP contribution in [0.15, 0.2) is 0 Å². The Kier molecular flexibility index (Phi) is 4.11. The molecule has 2 atom stereocenters. The van der Waals surface area contributed by atoms with E-state index in [1.807, 2.05) is 0 Å². The summed E-state index contributed by atoms with van der Waals surface area (Å²) >= 11 is 0. The fraction of sp³-hybridized carbons (Fsp3) is 1.00. The first-order valence-corrected chi connectivity index (χ1v) is 7.16. The zero-order valence-electron chi connectivity index (χ0n) is 12.0. The minimum atomic E-state index is 0.357. The third-order valence-corrected chi connectivity index (χ3v) is 4.91. The van der Waals surface area contributed by atoms with Gasteiger partial charge in [0.25, 0.3) is 0 Å². The van der Waals surface area contributed by atoms with Gasteiger partial charge in [-0.05, 0) is 38.8 Å². The molecule has 2 aliphatic heterocycles. The molecule has 1 N–H and O–H groups in total. The number of nitrogens with zero attached hydrogens (tertiary/aromatic N) is 2. The molecule has 2 heterocycles. The quantitative estimate of drug-likeness (QED) is 0.800. The summed E-state index contributed by atoms with van der Waals surface area (Å²) < 4.78 is 0. The highest BCUT2D eigenvalue weighted by molar-refractivity contribution is 4.90. The van der Waals surface area contributed by atoms with Crippen LogP contribution in [0.1, 0.15) is 33.6 Å². The highest BCUT2D eigenvalue weighted by Crippen LogP contribution is 2.26. The van der Waals surface area contributed by atoms with Gasteiger partial charge in [-0.2, -0.15) is 0 Å². The second-order valence-corrected chi connectivity index (χ2v) is 6.57. The Balaban J connectivity index is 1.87. The average Bonchev–Trinajstić information content (AvgIpc) is 2.74. The first-order chi connectivity index (χ1) is 8.03. The third kappa shape index (κ3) is 3.01. The predicted octanol–water partition coefficient (Wildman–Crippen LogP) is 1.40. The van der Waals surface area contributed by atoms with E-state index in [1.54, 1.807) is 0 Å². The lowest BCUT2D eigenvalue weighted by atomic mass is 9.84. The number of nitrogens with one attached hydrogen (secondary N) is 1. The smallest absolute Gasteiger partial charge is 0.0224 e. The van der Waals surface area contributed by atoms with Gasteiger partial charge in [0.1, 0.15) is 0 Å². The molecule has 0 saturated carbocycles.